The Morgan fingerprint density at radius 1 is 0.722 bits per heavy atom. The number of rotatable bonds is 15. The van der Waals surface area contributed by atoms with E-state index in [1.54, 1.807) is 0 Å². The van der Waals surface area contributed by atoms with Crippen molar-refractivity contribution in [2.24, 2.45) is 5.92 Å². The number of halogens is 1. The number of amides is 3. The molecule has 0 radical (unpaired) electrons. The summed E-state index contributed by atoms with van der Waals surface area (Å²) in [6.45, 7) is -0.435. The summed E-state index contributed by atoms with van der Waals surface area (Å²) in [5.41, 5.74) is -3.37. The summed E-state index contributed by atoms with van der Waals surface area (Å²) in [6, 6.07) is 15.3. The van der Waals surface area contributed by atoms with Crippen LogP contribution < -0.4 is 41.1 Å². The standard InChI is InChI=1S/C50H45ClN4O24/c51-27-10-17-9-23(47(72)77-29(17)15-28(27)56)42(65)53-8-7-52-33(16-34(57)58)55-44(67)43(66)54-18-1-4-24-21(11-18)48(73)79-50(24)25-5-2-19(74-32-14-22(45(68)69)35(59)37(61)36(32)60)12-30(25)76-31-13-20(3-6-26(31)50)75-49-40(64)38(62)39(63)41(78-49)46(70)71/h1-6,9-13,15,22,32-33,35-41,49,52,56,59-64H,7-8,14,16H2,(H,53,65)(H,54,66)(H,55,67)(H,57,58)(H,68,69)(H,70,71). The van der Waals surface area contributed by atoms with Crippen molar-refractivity contribution in [3.8, 4) is 28.7 Å². The van der Waals surface area contributed by atoms with Crippen molar-refractivity contribution >= 4 is 69.9 Å². The van der Waals surface area contributed by atoms with E-state index in [4.69, 9.17) is 39.7 Å². The molecule has 79 heavy (non-hydrogen) atoms. The second-order valence-corrected chi connectivity index (χ2v) is 18.9. The predicted molar refractivity (Wildman–Crippen MR) is 260 cm³/mol. The van der Waals surface area contributed by atoms with Crippen LogP contribution >= 0.6 is 11.6 Å². The number of carboxylic acids is 3. The molecule has 9 rings (SSSR count). The van der Waals surface area contributed by atoms with Crippen molar-refractivity contribution in [3.05, 3.63) is 116 Å². The molecule has 3 aliphatic heterocycles. The zero-order valence-corrected chi connectivity index (χ0v) is 40.9. The summed E-state index contributed by atoms with van der Waals surface area (Å²) in [4.78, 5) is 101. The zero-order chi connectivity index (χ0) is 56.9. The first-order valence-corrected chi connectivity index (χ1v) is 24.0. The molecular weight excluding hydrogens is 1080 g/mol. The van der Waals surface area contributed by atoms with Crippen LogP contribution in [-0.4, -0.2) is 167 Å². The molecule has 29 heteroatoms. The van der Waals surface area contributed by atoms with Gasteiger partial charge < -0.3 is 95.1 Å². The Kier molecular flexibility index (Phi) is 15.2. The van der Waals surface area contributed by atoms with Crippen LogP contribution in [0.1, 0.15) is 50.2 Å². The maximum atomic E-state index is 14.1. The highest BCUT2D eigenvalue weighted by molar-refractivity contribution is 6.39. The number of anilines is 1. The van der Waals surface area contributed by atoms with E-state index in [1.807, 2.05) is 0 Å². The minimum Gasteiger partial charge on any atom is -0.506 e. The van der Waals surface area contributed by atoms with Crippen LogP contribution in [0.5, 0.6) is 28.7 Å². The summed E-state index contributed by atoms with van der Waals surface area (Å²) in [5.74, 6) is -11.5. The fourth-order valence-electron chi connectivity index (χ4n) is 9.49. The number of fused-ring (bicyclic) bond motifs is 7. The number of carbonyl (C=O) groups is 7. The normalized spacial score (nSPS) is 26.0. The van der Waals surface area contributed by atoms with Gasteiger partial charge in [-0.15, -0.1) is 0 Å². The molecule has 416 valence electrons. The predicted octanol–water partition coefficient (Wildman–Crippen LogP) is -1.20. The van der Waals surface area contributed by atoms with Crippen molar-refractivity contribution < 1.29 is 113 Å². The molecule has 4 aromatic carbocycles. The highest BCUT2D eigenvalue weighted by Crippen LogP contribution is 2.57. The molecule has 12 unspecified atom stereocenters. The van der Waals surface area contributed by atoms with Gasteiger partial charge in [-0.1, -0.05) is 17.7 Å². The minimum absolute atomic E-state index is 0.0398. The lowest BCUT2D eigenvalue weighted by Gasteiger charge is -2.39. The lowest BCUT2D eigenvalue weighted by atomic mass is 9.77. The maximum Gasteiger partial charge on any atom is 0.349 e. The largest absolute Gasteiger partial charge is 0.506 e. The van der Waals surface area contributed by atoms with E-state index in [0.29, 0.717) is 0 Å². The second kappa shape index (κ2) is 21.8. The minimum atomic E-state index is -2.04. The second-order valence-electron chi connectivity index (χ2n) is 18.5. The number of hydrogen-bond donors (Lipinski definition) is 14. The number of carbonyl (C=O) groups excluding carboxylic acids is 4. The molecule has 1 saturated carbocycles. The van der Waals surface area contributed by atoms with E-state index in [2.05, 4.69) is 21.3 Å². The molecule has 2 fully saturated rings. The number of carboxylic acid groups (broad SMARTS) is 3. The Bertz CT molecular complexity index is 3290. The number of hydrogen-bond acceptors (Lipinski definition) is 22. The van der Waals surface area contributed by atoms with E-state index < -0.39 is 138 Å². The monoisotopic (exact) mass is 1120 g/mol. The fraction of sp³-hybridized carbons (Fsp3) is 0.320. The first-order valence-electron chi connectivity index (χ1n) is 23.6. The van der Waals surface area contributed by atoms with Crippen LogP contribution in [0, 0.1) is 5.92 Å². The summed E-state index contributed by atoms with van der Waals surface area (Å²) >= 11 is 5.93. The van der Waals surface area contributed by atoms with E-state index in [-0.39, 0.29) is 85.8 Å². The van der Waals surface area contributed by atoms with Gasteiger partial charge in [-0.05, 0) is 48.5 Å². The highest BCUT2D eigenvalue weighted by Gasteiger charge is 2.55. The van der Waals surface area contributed by atoms with Crippen molar-refractivity contribution in [2.75, 3.05) is 18.4 Å². The van der Waals surface area contributed by atoms with Gasteiger partial charge in [0.1, 0.15) is 76.5 Å². The van der Waals surface area contributed by atoms with Gasteiger partial charge in [-0.2, -0.15) is 0 Å². The third-order valence-electron chi connectivity index (χ3n) is 13.4. The topological polar surface area (TPSA) is 446 Å². The molecule has 5 aromatic rings. The highest BCUT2D eigenvalue weighted by atomic mass is 35.5. The number of ether oxygens (including phenoxy) is 5. The average molecular weight is 1120 g/mol. The number of nitrogens with one attached hydrogen (secondary N) is 4. The van der Waals surface area contributed by atoms with Gasteiger partial charge in [-0.3, -0.25) is 29.3 Å². The van der Waals surface area contributed by atoms with Crippen LogP contribution in [0.15, 0.2) is 82.0 Å². The lowest BCUT2D eigenvalue weighted by Crippen LogP contribution is -2.61. The Labute approximate surface area is 446 Å². The summed E-state index contributed by atoms with van der Waals surface area (Å²) in [6.07, 6.45) is -19.4. The molecule has 14 N–H and O–H groups in total. The number of esters is 1. The van der Waals surface area contributed by atoms with Gasteiger partial charge >= 0.3 is 41.3 Å². The van der Waals surface area contributed by atoms with Gasteiger partial charge in [0, 0.05) is 65.5 Å². The molecule has 0 bridgehead atoms. The van der Waals surface area contributed by atoms with Gasteiger partial charge in [-0.25, -0.2) is 14.4 Å². The Morgan fingerprint density at radius 2 is 1.38 bits per heavy atom. The molecule has 4 heterocycles. The first kappa shape index (κ1) is 55.3. The van der Waals surface area contributed by atoms with Gasteiger partial charge in [0.05, 0.1) is 35.2 Å². The molecule has 1 saturated heterocycles. The quantitative estimate of drug-likeness (QED) is 0.0192. The van der Waals surface area contributed by atoms with Gasteiger partial charge in [0.25, 0.3) is 5.91 Å². The van der Waals surface area contributed by atoms with Gasteiger partial charge in [0.15, 0.2) is 11.7 Å². The van der Waals surface area contributed by atoms with Gasteiger partial charge in [0.2, 0.25) is 6.29 Å². The van der Waals surface area contributed by atoms with Crippen LogP contribution in [-0.2, 0) is 39.0 Å². The van der Waals surface area contributed by atoms with Crippen molar-refractivity contribution in [1.82, 2.24) is 16.0 Å². The van der Waals surface area contributed by atoms with Crippen LogP contribution in [0.25, 0.3) is 11.0 Å². The summed E-state index contributed by atoms with van der Waals surface area (Å²) in [7, 11) is 0. The molecule has 4 aliphatic rings. The molecule has 1 aromatic heterocycles. The Balaban J connectivity index is 0.944. The van der Waals surface area contributed by atoms with Crippen molar-refractivity contribution in [3.63, 3.8) is 0 Å². The zero-order valence-electron chi connectivity index (χ0n) is 40.2. The van der Waals surface area contributed by atoms with Crippen LogP contribution in [0.4, 0.5) is 5.69 Å². The van der Waals surface area contributed by atoms with E-state index in [0.717, 1.165) is 6.07 Å². The first-order chi connectivity index (χ1) is 37.4. The number of phenolic OH excluding ortho intramolecular Hbond substituents is 1. The smallest absolute Gasteiger partial charge is 0.349 e. The molecule has 1 aliphatic carbocycles. The van der Waals surface area contributed by atoms with E-state index in [9.17, 15) is 89.4 Å². The molecule has 12 atom stereocenters. The van der Waals surface area contributed by atoms with Crippen molar-refractivity contribution in [1.29, 1.82) is 0 Å². The molecular formula is C50H45ClN4O24. The molecule has 28 nitrogen and oxygen atoms in total. The third-order valence-corrected chi connectivity index (χ3v) is 13.7. The number of benzene rings is 4. The van der Waals surface area contributed by atoms with Crippen molar-refractivity contribution in [2.45, 2.75) is 79.7 Å². The number of aliphatic carboxylic acids is 3. The van der Waals surface area contributed by atoms with E-state index >= 15 is 0 Å². The number of aliphatic hydroxyl groups excluding tert-OH is 6. The third kappa shape index (κ3) is 10.7. The average Bonchev–Trinajstić information content (AvgIpc) is 3.75. The Hall–Kier alpha value is -8.45. The van der Waals surface area contributed by atoms with Crippen LogP contribution in [0.3, 0.4) is 0 Å². The molecule has 1 spiro atoms. The maximum absolute atomic E-state index is 14.1. The summed E-state index contributed by atoms with van der Waals surface area (Å²) < 4.78 is 34.6. The summed E-state index contributed by atoms with van der Waals surface area (Å²) in [5, 5.41) is 111. The Morgan fingerprint density at radius 3 is 2.04 bits per heavy atom. The number of phenols is 1. The van der Waals surface area contributed by atoms with E-state index in [1.165, 1.54) is 66.7 Å². The molecule has 3 amide bonds. The van der Waals surface area contributed by atoms with Crippen LogP contribution in [0.2, 0.25) is 5.02 Å². The SMILES string of the molecule is O=C(O)CC(NCCNC(=O)c1cc2cc(Cl)c(O)cc2oc1=O)NC(=O)C(=O)Nc1ccc2c(c1)C(=O)OC21c2ccc(OC3CC(C(=O)O)C(O)C(O)C3O)cc2Oc2cc(OC3OC(C(=O)O)C(O)C(O)C3O)ccc21. The fourth-order valence-corrected chi connectivity index (χ4v) is 9.66. The number of aliphatic hydroxyl groups is 6. The lowest BCUT2D eigenvalue weighted by molar-refractivity contribution is -0.271. The number of aromatic hydroxyl groups is 1.